The molecule has 0 aromatic heterocycles. The lowest BCUT2D eigenvalue weighted by atomic mass is 9.98. The number of sulfonamides is 1. The molecule has 0 unspecified atom stereocenters. The number of morpholine rings is 1. The maximum absolute atomic E-state index is 12.9. The van der Waals surface area contributed by atoms with E-state index in [1.165, 1.54) is 4.31 Å². The van der Waals surface area contributed by atoms with Gasteiger partial charge in [-0.15, -0.1) is 0 Å². The van der Waals surface area contributed by atoms with Crippen LogP contribution in [0.5, 0.6) is 0 Å². The Morgan fingerprint density at radius 1 is 1.03 bits per heavy atom. The molecule has 2 fully saturated rings. The summed E-state index contributed by atoms with van der Waals surface area (Å²) in [6, 6.07) is 14.6. The van der Waals surface area contributed by atoms with E-state index < -0.39 is 10.0 Å². The third-order valence-electron chi connectivity index (χ3n) is 5.92. The number of carbonyl (C=O) groups excluding carboxylic acids is 1. The van der Waals surface area contributed by atoms with Crippen LogP contribution in [0.25, 0.3) is 0 Å². The van der Waals surface area contributed by atoms with Crippen LogP contribution in [0.2, 0.25) is 5.02 Å². The van der Waals surface area contributed by atoms with Gasteiger partial charge in [0.15, 0.2) is 0 Å². The highest BCUT2D eigenvalue weighted by atomic mass is 35.5. The van der Waals surface area contributed by atoms with Gasteiger partial charge in [0.05, 0.1) is 24.9 Å². The number of benzene rings is 2. The Labute approximate surface area is 194 Å². The maximum atomic E-state index is 12.9. The summed E-state index contributed by atoms with van der Waals surface area (Å²) < 4.78 is 32.6. The van der Waals surface area contributed by atoms with Gasteiger partial charge in [0.1, 0.15) is 0 Å². The summed E-state index contributed by atoms with van der Waals surface area (Å²) in [6.45, 7) is 3.79. The number of nitrogens with zero attached hydrogens (tertiary/aromatic N) is 2. The van der Waals surface area contributed by atoms with Crippen molar-refractivity contribution in [1.82, 2.24) is 4.31 Å². The van der Waals surface area contributed by atoms with Gasteiger partial charge >= 0.3 is 0 Å². The second-order valence-electron chi connectivity index (χ2n) is 8.22. The minimum absolute atomic E-state index is 0.0957. The predicted octanol–water partition coefficient (Wildman–Crippen LogP) is 3.36. The third kappa shape index (κ3) is 5.81. The molecule has 2 aliphatic heterocycles. The maximum Gasteiger partial charge on any atom is 0.228 e. The summed E-state index contributed by atoms with van der Waals surface area (Å²) in [5.74, 6) is -0.611. The number of nitrogens with one attached hydrogen (secondary N) is 1. The molecule has 0 radical (unpaired) electrons. The van der Waals surface area contributed by atoms with E-state index in [1.54, 1.807) is 24.3 Å². The number of amides is 1. The molecule has 4 rings (SSSR count). The molecule has 7 nitrogen and oxygen atoms in total. The van der Waals surface area contributed by atoms with E-state index in [0.717, 1.165) is 32.0 Å². The minimum atomic E-state index is -3.51. The fourth-order valence-electron chi connectivity index (χ4n) is 4.11. The van der Waals surface area contributed by atoms with Crippen molar-refractivity contribution in [3.05, 3.63) is 59.1 Å². The Morgan fingerprint density at radius 2 is 1.72 bits per heavy atom. The molecule has 2 saturated heterocycles. The number of halogens is 1. The van der Waals surface area contributed by atoms with E-state index in [4.69, 9.17) is 16.3 Å². The molecular weight excluding hydrogens is 450 g/mol. The van der Waals surface area contributed by atoms with Crippen LogP contribution < -0.4 is 10.2 Å². The molecular formula is C23H28ClN3O4S. The molecule has 172 valence electrons. The smallest absolute Gasteiger partial charge is 0.228 e. The zero-order valence-electron chi connectivity index (χ0n) is 17.9. The Balaban J connectivity index is 1.35. The van der Waals surface area contributed by atoms with Gasteiger partial charge in [-0.3, -0.25) is 4.79 Å². The Hall–Kier alpha value is -2.13. The number of piperidine rings is 1. The van der Waals surface area contributed by atoms with Gasteiger partial charge in [0.2, 0.25) is 15.9 Å². The van der Waals surface area contributed by atoms with Gasteiger partial charge < -0.3 is 15.0 Å². The van der Waals surface area contributed by atoms with Crippen LogP contribution in [0.3, 0.4) is 0 Å². The molecule has 2 heterocycles. The molecule has 0 bridgehead atoms. The van der Waals surface area contributed by atoms with Crippen molar-refractivity contribution in [3.63, 3.8) is 0 Å². The van der Waals surface area contributed by atoms with E-state index in [0.29, 0.717) is 35.7 Å². The molecule has 1 atom stereocenters. The van der Waals surface area contributed by atoms with Crippen LogP contribution in [-0.4, -0.2) is 58.0 Å². The number of ether oxygens (including phenoxy) is 1. The average molecular weight is 478 g/mol. The lowest BCUT2D eigenvalue weighted by molar-refractivity contribution is -0.120. The first-order valence-corrected chi connectivity index (χ1v) is 12.9. The quantitative estimate of drug-likeness (QED) is 0.690. The van der Waals surface area contributed by atoms with Gasteiger partial charge in [-0.1, -0.05) is 23.7 Å². The SMILES string of the molecule is O=C(Nc1ccc(N2CCOCC2)cc1)[C@H]1CCCN(S(=O)(=O)Cc2ccc(Cl)cc2)C1. The second-order valence-corrected chi connectivity index (χ2v) is 10.6. The van der Waals surface area contributed by atoms with Crippen molar-refractivity contribution in [2.75, 3.05) is 49.6 Å². The summed E-state index contributed by atoms with van der Waals surface area (Å²) in [5, 5.41) is 3.52. The zero-order valence-corrected chi connectivity index (χ0v) is 19.4. The Kier molecular flexibility index (Phi) is 7.35. The molecule has 2 aromatic rings. The summed E-state index contributed by atoms with van der Waals surface area (Å²) >= 11 is 5.89. The number of anilines is 2. The highest BCUT2D eigenvalue weighted by Gasteiger charge is 2.32. The second kappa shape index (κ2) is 10.2. The summed E-state index contributed by atoms with van der Waals surface area (Å²) in [4.78, 5) is 15.1. The van der Waals surface area contributed by atoms with E-state index in [2.05, 4.69) is 10.2 Å². The first kappa shape index (κ1) is 23.0. The van der Waals surface area contributed by atoms with Gasteiger partial charge in [0.25, 0.3) is 0 Å². The largest absolute Gasteiger partial charge is 0.378 e. The minimum Gasteiger partial charge on any atom is -0.378 e. The van der Waals surface area contributed by atoms with Crippen molar-refractivity contribution >= 4 is 38.9 Å². The Morgan fingerprint density at radius 3 is 2.41 bits per heavy atom. The summed E-state index contributed by atoms with van der Waals surface area (Å²) in [5.41, 5.74) is 2.50. The first-order chi connectivity index (χ1) is 15.4. The number of hydrogen-bond acceptors (Lipinski definition) is 5. The number of hydrogen-bond donors (Lipinski definition) is 1. The fraction of sp³-hybridized carbons (Fsp3) is 0.435. The van der Waals surface area contributed by atoms with E-state index >= 15 is 0 Å². The molecule has 32 heavy (non-hydrogen) atoms. The van der Waals surface area contributed by atoms with Gasteiger partial charge in [-0.2, -0.15) is 0 Å². The van der Waals surface area contributed by atoms with Crippen LogP contribution in [0.1, 0.15) is 18.4 Å². The van der Waals surface area contributed by atoms with Crippen LogP contribution >= 0.6 is 11.6 Å². The van der Waals surface area contributed by atoms with Crippen molar-refractivity contribution in [2.24, 2.45) is 5.92 Å². The summed E-state index contributed by atoms with van der Waals surface area (Å²) in [6.07, 6.45) is 1.33. The van der Waals surface area contributed by atoms with E-state index in [9.17, 15) is 13.2 Å². The van der Waals surface area contributed by atoms with Crippen LogP contribution in [0.4, 0.5) is 11.4 Å². The lowest BCUT2D eigenvalue weighted by Gasteiger charge is -2.31. The highest BCUT2D eigenvalue weighted by Crippen LogP contribution is 2.24. The van der Waals surface area contributed by atoms with Crippen molar-refractivity contribution in [2.45, 2.75) is 18.6 Å². The van der Waals surface area contributed by atoms with Crippen LogP contribution in [0.15, 0.2) is 48.5 Å². The topological polar surface area (TPSA) is 79.0 Å². The molecule has 9 heteroatoms. The standard InChI is InChI=1S/C23H28ClN3O4S/c24-20-5-3-18(4-6-20)17-32(29,30)27-11-1-2-19(16-27)23(28)25-21-7-9-22(10-8-21)26-12-14-31-15-13-26/h3-10,19H,1-2,11-17H2,(H,25,28)/t19-/m0/s1. The number of rotatable bonds is 6. The van der Waals surface area contributed by atoms with Gasteiger partial charge in [-0.05, 0) is 54.8 Å². The molecule has 0 saturated carbocycles. The Bertz CT molecular complexity index is 1020. The summed E-state index contributed by atoms with van der Waals surface area (Å²) in [7, 11) is -3.51. The van der Waals surface area contributed by atoms with Crippen molar-refractivity contribution in [1.29, 1.82) is 0 Å². The molecule has 2 aliphatic rings. The normalized spacial score (nSPS) is 20.2. The molecule has 0 spiro atoms. The predicted molar refractivity (Wildman–Crippen MR) is 126 cm³/mol. The third-order valence-corrected chi connectivity index (χ3v) is 7.99. The molecule has 1 amide bonds. The van der Waals surface area contributed by atoms with E-state index in [1.807, 2.05) is 24.3 Å². The highest BCUT2D eigenvalue weighted by molar-refractivity contribution is 7.88. The lowest BCUT2D eigenvalue weighted by Crippen LogP contribution is -2.44. The fourth-order valence-corrected chi connectivity index (χ4v) is 5.85. The van der Waals surface area contributed by atoms with Crippen molar-refractivity contribution < 1.29 is 17.9 Å². The number of carbonyl (C=O) groups is 1. The molecule has 2 aromatic carbocycles. The van der Waals surface area contributed by atoms with Crippen LogP contribution in [-0.2, 0) is 25.3 Å². The molecule has 0 aliphatic carbocycles. The van der Waals surface area contributed by atoms with E-state index in [-0.39, 0.29) is 24.1 Å². The van der Waals surface area contributed by atoms with Crippen LogP contribution in [0, 0.1) is 5.92 Å². The average Bonchev–Trinajstić information content (AvgIpc) is 2.81. The van der Waals surface area contributed by atoms with Gasteiger partial charge in [0, 0.05) is 42.6 Å². The first-order valence-electron chi connectivity index (χ1n) is 10.9. The van der Waals surface area contributed by atoms with Crippen molar-refractivity contribution in [3.8, 4) is 0 Å². The van der Waals surface area contributed by atoms with Gasteiger partial charge in [-0.25, -0.2) is 12.7 Å². The monoisotopic (exact) mass is 477 g/mol. The molecule has 1 N–H and O–H groups in total. The zero-order chi connectivity index (χ0) is 22.6.